The highest BCUT2D eigenvalue weighted by Gasteiger charge is 2.11. The fourth-order valence-corrected chi connectivity index (χ4v) is 1.73. The predicted octanol–water partition coefficient (Wildman–Crippen LogP) is 0.765. The number of amides is 1. The van der Waals surface area contributed by atoms with Crippen LogP contribution in [0.3, 0.4) is 0 Å². The van der Waals surface area contributed by atoms with Gasteiger partial charge in [-0.05, 0) is 12.1 Å². The van der Waals surface area contributed by atoms with Gasteiger partial charge < -0.3 is 11.5 Å². The largest absolute Gasteiger partial charge is 0.392 e. The molecule has 4 N–H and O–H groups in total. The van der Waals surface area contributed by atoms with Crippen molar-refractivity contribution in [3.8, 4) is 0 Å². The zero-order valence-corrected chi connectivity index (χ0v) is 10.9. The molecule has 20 heavy (non-hydrogen) atoms. The van der Waals surface area contributed by atoms with E-state index in [-0.39, 0.29) is 28.5 Å². The Morgan fingerprint density at radius 2 is 2.15 bits per heavy atom. The Balaban J connectivity index is 2.38. The molecule has 0 spiro atoms. The molecule has 0 aliphatic heterocycles. The average molecular weight is 297 g/mol. The molecular formula is C12H10ClFN4O2. The highest BCUT2D eigenvalue weighted by Crippen LogP contribution is 2.13. The van der Waals surface area contributed by atoms with Gasteiger partial charge in [-0.15, -0.1) is 0 Å². The van der Waals surface area contributed by atoms with E-state index >= 15 is 0 Å². The standard InChI is InChI=1S/C12H10ClFN4O2/c13-10-9(15)12(20)18(5-17-10)4-7-2-1-6(11(16)19)3-8(7)14/h1-3,5H,4,15H2,(H2,16,19). The SMILES string of the molecule is NC(=O)c1ccc(Cn2cnc(Cl)c(N)c2=O)c(F)c1. The number of nitrogens with two attached hydrogens (primary N) is 2. The number of nitrogens with zero attached hydrogens (tertiary/aromatic N) is 2. The summed E-state index contributed by atoms with van der Waals surface area (Å²) in [5, 5.41) is -0.101. The first-order valence-corrected chi connectivity index (χ1v) is 5.86. The number of halogens is 2. The van der Waals surface area contributed by atoms with Gasteiger partial charge in [0.2, 0.25) is 5.91 Å². The van der Waals surface area contributed by atoms with Crippen molar-refractivity contribution in [3.05, 3.63) is 57.0 Å². The number of nitrogen functional groups attached to an aromatic ring is 1. The van der Waals surface area contributed by atoms with Gasteiger partial charge in [0.1, 0.15) is 11.5 Å². The van der Waals surface area contributed by atoms with Crippen molar-refractivity contribution in [1.29, 1.82) is 0 Å². The molecule has 0 atom stereocenters. The molecule has 0 aliphatic carbocycles. The first-order valence-electron chi connectivity index (χ1n) is 5.48. The minimum Gasteiger partial charge on any atom is -0.392 e. The van der Waals surface area contributed by atoms with Crippen LogP contribution in [0.2, 0.25) is 5.15 Å². The summed E-state index contributed by atoms with van der Waals surface area (Å²) in [6.45, 7) is -0.0852. The molecule has 6 nitrogen and oxygen atoms in total. The van der Waals surface area contributed by atoms with Crippen molar-refractivity contribution in [2.75, 3.05) is 5.73 Å². The van der Waals surface area contributed by atoms with Crippen LogP contribution in [-0.2, 0) is 6.54 Å². The average Bonchev–Trinajstić information content (AvgIpc) is 2.41. The number of rotatable bonds is 3. The van der Waals surface area contributed by atoms with Crippen LogP contribution in [0.4, 0.5) is 10.1 Å². The van der Waals surface area contributed by atoms with Gasteiger partial charge in [-0.2, -0.15) is 0 Å². The van der Waals surface area contributed by atoms with E-state index in [2.05, 4.69) is 4.98 Å². The van der Waals surface area contributed by atoms with Crippen LogP contribution in [0.25, 0.3) is 0 Å². The van der Waals surface area contributed by atoms with Gasteiger partial charge in [-0.1, -0.05) is 17.7 Å². The zero-order valence-electron chi connectivity index (χ0n) is 10.1. The van der Waals surface area contributed by atoms with E-state index in [1.165, 1.54) is 18.5 Å². The molecule has 2 aromatic rings. The monoisotopic (exact) mass is 296 g/mol. The summed E-state index contributed by atoms with van der Waals surface area (Å²) in [4.78, 5) is 26.4. The second kappa shape index (κ2) is 5.30. The number of hydrogen-bond acceptors (Lipinski definition) is 4. The Bertz CT molecular complexity index is 745. The van der Waals surface area contributed by atoms with Crippen LogP contribution < -0.4 is 17.0 Å². The summed E-state index contributed by atoms with van der Waals surface area (Å²) in [6.07, 6.45) is 1.17. The molecule has 0 bridgehead atoms. The maximum atomic E-state index is 13.8. The third-order valence-corrected chi connectivity index (χ3v) is 3.00. The molecule has 1 amide bonds. The van der Waals surface area contributed by atoms with Crippen LogP contribution in [0.15, 0.2) is 29.3 Å². The predicted molar refractivity (Wildman–Crippen MR) is 71.9 cm³/mol. The molecule has 0 aliphatic rings. The minimum absolute atomic E-state index is 0.0485. The van der Waals surface area contributed by atoms with Crippen molar-refractivity contribution in [2.24, 2.45) is 5.73 Å². The van der Waals surface area contributed by atoms with Crippen LogP contribution in [0, 0.1) is 5.82 Å². The molecule has 0 saturated carbocycles. The Kier molecular flexibility index (Phi) is 3.71. The van der Waals surface area contributed by atoms with Gasteiger partial charge in [0.05, 0.1) is 12.9 Å². The van der Waals surface area contributed by atoms with E-state index in [1.807, 2.05) is 0 Å². The number of aromatic nitrogens is 2. The van der Waals surface area contributed by atoms with Crippen molar-refractivity contribution in [1.82, 2.24) is 9.55 Å². The van der Waals surface area contributed by atoms with Crippen LogP contribution >= 0.6 is 11.6 Å². The molecule has 1 heterocycles. The summed E-state index contributed by atoms with van der Waals surface area (Å²) in [7, 11) is 0. The van der Waals surface area contributed by atoms with E-state index in [1.54, 1.807) is 0 Å². The molecule has 104 valence electrons. The molecular weight excluding hydrogens is 287 g/mol. The maximum absolute atomic E-state index is 13.8. The second-order valence-electron chi connectivity index (χ2n) is 4.05. The third-order valence-electron chi connectivity index (χ3n) is 2.70. The van der Waals surface area contributed by atoms with Crippen LogP contribution in [0.5, 0.6) is 0 Å². The van der Waals surface area contributed by atoms with Gasteiger partial charge in [0.15, 0.2) is 5.15 Å². The Labute approximate surface area is 117 Å². The highest BCUT2D eigenvalue weighted by molar-refractivity contribution is 6.31. The van der Waals surface area contributed by atoms with E-state index < -0.39 is 17.3 Å². The van der Waals surface area contributed by atoms with Gasteiger partial charge in [-0.3, -0.25) is 14.2 Å². The van der Waals surface area contributed by atoms with Crippen LogP contribution in [-0.4, -0.2) is 15.5 Å². The van der Waals surface area contributed by atoms with E-state index in [0.717, 1.165) is 10.6 Å². The van der Waals surface area contributed by atoms with Gasteiger partial charge in [0, 0.05) is 11.1 Å². The Morgan fingerprint density at radius 3 is 2.75 bits per heavy atom. The molecule has 0 unspecified atom stereocenters. The minimum atomic E-state index is -0.731. The highest BCUT2D eigenvalue weighted by atomic mass is 35.5. The number of hydrogen-bond donors (Lipinski definition) is 2. The lowest BCUT2D eigenvalue weighted by Crippen LogP contribution is -2.24. The number of primary amides is 1. The number of anilines is 1. The molecule has 2 rings (SSSR count). The lowest BCUT2D eigenvalue weighted by atomic mass is 10.1. The van der Waals surface area contributed by atoms with Crippen molar-refractivity contribution in [2.45, 2.75) is 6.54 Å². The summed E-state index contributed by atoms with van der Waals surface area (Å²) in [5.74, 6) is -1.38. The van der Waals surface area contributed by atoms with Crippen molar-refractivity contribution < 1.29 is 9.18 Å². The van der Waals surface area contributed by atoms with Gasteiger partial charge >= 0.3 is 0 Å². The topological polar surface area (TPSA) is 104 Å². The van der Waals surface area contributed by atoms with E-state index in [9.17, 15) is 14.0 Å². The summed E-state index contributed by atoms with van der Waals surface area (Å²) >= 11 is 5.60. The van der Waals surface area contributed by atoms with Crippen molar-refractivity contribution >= 4 is 23.2 Å². The van der Waals surface area contributed by atoms with Crippen LogP contribution in [0.1, 0.15) is 15.9 Å². The van der Waals surface area contributed by atoms with Crippen molar-refractivity contribution in [3.63, 3.8) is 0 Å². The first kappa shape index (κ1) is 14.0. The first-order chi connectivity index (χ1) is 9.40. The summed E-state index contributed by atoms with van der Waals surface area (Å²) in [5.41, 5.74) is 9.97. The quantitative estimate of drug-likeness (QED) is 0.816. The molecule has 0 fully saturated rings. The van der Waals surface area contributed by atoms with Gasteiger partial charge in [0.25, 0.3) is 5.56 Å². The van der Waals surface area contributed by atoms with E-state index in [0.29, 0.717) is 0 Å². The molecule has 0 saturated heterocycles. The smallest absolute Gasteiger partial charge is 0.278 e. The fraction of sp³-hybridized carbons (Fsp3) is 0.0833. The zero-order chi connectivity index (χ0) is 14.9. The second-order valence-corrected chi connectivity index (χ2v) is 4.41. The summed E-state index contributed by atoms with van der Waals surface area (Å²) in [6, 6.07) is 3.75. The molecule has 8 heteroatoms. The Morgan fingerprint density at radius 1 is 1.45 bits per heavy atom. The number of carbonyl (C=O) groups excluding carboxylic acids is 1. The summed E-state index contributed by atoms with van der Waals surface area (Å²) < 4.78 is 14.9. The lowest BCUT2D eigenvalue weighted by Gasteiger charge is -2.08. The third kappa shape index (κ3) is 2.62. The van der Waals surface area contributed by atoms with Gasteiger partial charge in [-0.25, -0.2) is 9.37 Å². The number of benzene rings is 1. The Hall–Kier alpha value is -2.41. The lowest BCUT2D eigenvalue weighted by molar-refractivity contribution is 0.1000. The number of carbonyl (C=O) groups is 1. The molecule has 1 aromatic carbocycles. The maximum Gasteiger partial charge on any atom is 0.278 e. The normalized spacial score (nSPS) is 10.5. The fourth-order valence-electron chi connectivity index (χ4n) is 1.61. The molecule has 1 aromatic heterocycles. The molecule has 0 radical (unpaired) electrons. The van der Waals surface area contributed by atoms with E-state index in [4.69, 9.17) is 23.1 Å².